The van der Waals surface area contributed by atoms with Gasteiger partial charge in [-0.25, -0.2) is 9.78 Å². The first-order valence-electron chi connectivity index (χ1n) is 7.37. The van der Waals surface area contributed by atoms with E-state index in [1.807, 2.05) is 39.1 Å². The third kappa shape index (κ3) is 2.89. The van der Waals surface area contributed by atoms with Gasteiger partial charge in [0.15, 0.2) is 5.82 Å². The van der Waals surface area contributed by atoms with Crippen LogP contribution in [0, 0.1) is 0 Å². The van der Waals surface area contributed by atoms with Crippen LogP contribution in [0.25, 0.3) is 0 Å². The molecule has 1 saturated heterocycles. The molecule has 0 radical (unpaired) electrons. The number of amides is 1. The predicted octanol–water partition coefficient (Wildman–Crippen LogP) is 1.93. The Balaban J connectivity index is 1.70. The van der Waals surface area contributed by atoms with E-state index < -0.39 is 5.60 Å². The standard InChI is InChI=1S/C15H22N4O2/c1-15(2,3)21-14(20)18-7-8-19-11(10-18)9-17-12-5-4-6-16-13(12)19/h4-6,11,17H,7-10H2,1-3H3. The molecule has 0 spiro atoms. The van der Waals surface area contributed by atoms with Gasteiger partial charge in [-0.05, 0) is 32.9 Å². The number of nitrogens with zero attached hydrogens (tertiary/aromatic N) is 3. The Kier molecular flexibility index (Phi) is 3.39. The Hall–Kier alpha value is -1.98. The minimum atomic E-state index is -0.451. The van der Waals surface area contributed by atoms with E-state index in [0.717, 1.165) is 24.6 Å². The number of hydrogen-bond donors (Lipinski definition) is 1. The molecule has 0 saturated carbocycles. The average Bonchev–Trinajstić information content (AvgIpc) is 2.44. The first-order valence-corrected chi connectivity index (χ1v) is 7.37. The van der Waals surface area contributed by atoms with E-state index in [4.69, 9.17) is 4.74 Å². The summed E-state index contributed by atoms with van der Waals surface area (Å²) < 4.78 is 5.46. The van der Waals surface area contributed by atoms with Crippen molar-refractivity contribution in [3.8, 4) is 0 Å². The lowest BCUT2D eigenvalue weighted by atomic mass is 10.1. The van der Waals surface area contributed by atoms with Crippen LogP contribution in [0.2, 0.25) is 0 Å². The molecule has 1 amide bonds. The van der Waals surface area contributed by atoms with Crippen molar-refractivity contribution >= 4 is 17.6 Å². The minimum absolute atomic E-state index is 0.228. The summed E-state index contributed by atoms with van der Waals surface area (Å²) in [6.45, 7) is 8.61. The maximum atomic E-state index is 12.2. The molecule has 6 heteroatoms. The van der Waals surface area contributed by atoms with Gasteiger partial charge in [0.2, 0.25) is 0 Å². The first-order chi connectivity index (χ1) is 9.94. The van der Waals surface area contributed by atoms with Crippen LogP contribution in [-0.2, 0) is 4.74 Å². The van der Waals surface area contributed by atoms with Crippen molar-refractivity contribution in [1.82, 2.24) is 9.88 Å². The quantitative estimate of drug-likeness (QED) is 0.791. The molecule has 0 aliphatic carbocycles. The maximum absolute atomic E-state index is 12.2. The summed E-state index contributed by atoms with van der Waals surface area (Å²) in [7, 11) is 0. The second-order valence-corrected chi connectivity index (χ2v) is 6.53. The van der Waals surface area contributed by atoms with E-state index in [1.165, 1.54) is 0 Å². The number of fused-ring (bicyclic) bond motifs is 3. The zero-order valence-electron chi connectivity index (χ0n) is 12.8. The van der Waals surface area contributed by atoms with Crippen LogP contribution in [0.3, 0.4) is 0 Å². The Morgan fingerprint density at radius 1 is 1.43 bits per heavy atom. The number of ether oxygens (including phenoxy) is 1. The molecular formula is C15H22N4O2. The summed E-state index contributed by atoms with van der Waals surface area (Å²) in [5.41, 5.74) is 0.618. The van der Waals surface area contributed by atoms with Crippen molar-refractivity contribution < 1.29 is 9.53 Å². The molecule has 1 atom stereocenters. The van der Waals surface area contributed by atoms with Gasteiger partial charge < -0.3 is 19.9 Å². The van der Waals surface area contributed by atoms with Gasteiger partial charge in [-0.2, -0.15) is 0 Å². The summed E-state index contributed by atoms with van der Waals surface area (Å²) in [4.78, 5) is 20.7. The number of anilines is 2. The summed E-state index contributed by atoms with van der Waals surface area (Å²) in [6.07, 6.45) is 1.58. The van der Waals surface area contributed by atoms with Gasteiger partial charge in [0.1, 0.15) is 5.60 Å². The average molecular weight is 290 g/mol. The number of carbonyl (C=O) groups excluding carboxylic acids is 1. The van der Waals surface area contributed by atoms with E-state index in [2.05, 4.69) is 15.2 Å². The molecule has 21 heavy (non-hydrogen) atoms. The van der Waals surface area contributed by atoms with Crippen molar-refractivity contribution in [2.75, 3.05) is 36.4 Å². The lowest BCUT2D eigenvalue weighted by Crippen LogP contribution is -2.59. The van der Waals surface area contributed by atoms with E-state index in [-0.39, 0.29) is 12.1 Å². The Labute approximate surface area is 125 Å². The molecule has 2 aliphatic rings. The zero-order chi connectivity index (χ0) is 15.0. The normalized spacial score (nSPS) is 21.2. The fourth-order valence-corrected chi connectivity index (χ4v) is 2.79. The number of carbonyl (C=O) groups is 1. The molecule has 0 bridgehead atoms. The Morgan fingerprint density at radius 3 is 3.00 bits per heavy atom. The van der Waals surface area contributed by atoms with Crippen LogP contribution in [0.15, 0.2) is 18.3 Å². The third-order valence-corrected chi connectivity index (χ3v) is 3.72. The SMILES string of the molecule is CC(C)(C)OC(=O)N1CCN2c3ncccc3NCC2C1. The highest BCUT2D eigenvalue weighted by Crippen LogP contribution is 2.30. The second kappa shape index (κ2) is 5.09. The largest absolute Gasteiger partial charge is 0.444 e. The van der Waals surface area contributed by atoms with Gasteiger partial charge in [0.05, 0.1) is 11.7 Å². The number of rotatable bonds is 0. The van der Waals surface area contributed by atoms with Crippen LogP contribution < -0.4 is 10.2 Å². The van der Waals surface area contributed by atoms with Gasteiger partial charge in [-0.3, -0.25) is 0 Å². The molecule has 6 nitrogen and oxygen atoms in total. The minimum Gasteiger partial charge on any atom is -0.444 e. The van der Waals surface area contributed by atoms with Crippen LogP contribution >= 0.6 is 0 Å². The van der Waals surface area contributed by atoms with Crippen LogP contribution in [-0.4, -0.2) is 53.8 Å². The van der Waals surface area contributed by atoms with Crippen molar-refractivity contribution in [2.24, 2.45) is 0 Å². The number of aromatic nitrogens is 1. The monoisotopic (exact) mass is 290 g/mol. The molecule has 3 heterocycles. The van der Waals surface area contributed by atoms with Crippen LogP contribution in [0.5, 0.6) is 0 Å². The van der Waals surface area contributed by atoms with E-state index >= 15 is 0 Å². The first kappa shape index (κ1) is 14.0. The highest BCUT2D eigenvalue weighted by atomic mass is 16.6. The molecule has 2 aliphatic heterocycles. The van der Waals surface area contributed by atoms with Gasteiger partial charge in [0, 0.05) is 32.4 Å². The maximum Gasteiger partial charge on any atom is 0.410 e. The molecule has 1 N–H and O–H groups in total. The molecule has 1 unspecified atom stereocenters. The predicted molar refractivity (Wildman–Crippen MR) is 81.7 cm³/mol. The van der Waals surface area contributed by atoms with E-state index in [1.54, 1.807) is 4.90 Å². The van der Waals surface area contributed by atoms with Gasteiger partial charge in [0.25, 0.3) is 0 Å². The van der Waals surface area contributed by atoms with Crippen molar-refractivity contribution in [3.05, 3.63) is 18.3 Å². The second-order valence-electron chi connectivity index (χ2n) is 6.53. The lowest BCUT2D eigenvalue weighted by Gasteiger charge is -2.45. The summed E-state index contributed by atoms with van der Waals surface area (Å²) in [5.74, 6) is 0.984. The lowest BCUT2D eigenvalue weighted by molar-refractivity contribution is 0.0216. The topological polar surface area (TPSA) is 57.7 Å². The van der Waals surface area contributed by atoms with Crippen molar-refractivity contribution in [2.45, 2.75) is 32.4 Å². The van der Waals surface area contributed by atoms with E-state index in [0.29, 0.717) is 13.1 Å². The smallest absolute Gasteiger partial charge is 0.410 e. The van der Waals surface area contributed by atoms with Crippen LogP contribution in [0.1, 0.15) is 20.8 Å². The number of pyridine rings is 1. The van der Waals surface area contributed by atoms with Crippen molar-refractivity contribution in [3.63, 3.8) is 0 Å². The van der Waals surface area contributed by atoms with Gasteiger partial charge >= 0.3 is 6.09 Å². The molecule has 3 rings (SSSR count). The number of hydrogen-bond acceptors (Lipinski definition) is 5. The van der Waals surface area contributed by atoms with Crippen LogP contribution in [0.4, 0.5) is 16.3 Å². The molecule has 0 aromatic carbocycles. The highest BCUT2D eigenvalue weighted by Gasteiger charge is 2.35. The molecule has 114 valence electrons. The number of piperazine rings is 1. The number of nitrogens with one attached hydrogen (secondary N) is 1. The summed E-state index contributed by atoms with van der Waals surface area (Å²) in [6, 6.07) is 4.22. The fraction of sp³-hybridized carbons (Fsp3) is 0.600. The summed E-state index contributed by atoms with van der Waals surface area (Å²) >= 11 is 0. The molecule has 1 aromatic heterocycles. The fourth-order valence-electron chi connectivity index (χ4n) is 2.79. The zero-order valence-corrected chi connectivity index (χ0v) is 12.8. The Morgan fingerprint density at radius 2 is 2.24 bits per heavy atom. The van der Waals surface area contributed by atoms with Gasteiger partial charge in [-0.1, -0.05) is 0 Å². The molecular weight excluding hydrogens is 268 g/mol. The molecule has 1 fully saturated rings. The Bertz CT molecular complexity index is 541. The highest BCUT2D eigenvalue weighted by molar-refractivity contribution is 5.71. The van der Waals surface area contributed by atoms with E-state index in [9.17, 15) is 4.79 Å². The van der Waals surface area contributed by atoms with Gasteiger partial charge in [-0.15, -0.1) is 0 Å². The summed E-state index contributed by atoms with van der Waals surface area (Å²) in [5, 5.41) is 3.39. The third-order valence-electron chi connectivity index (χ3n) is 3.72. The molecule has 1 aromatic rings. The van der Waals surface area contributed by atoms with Crippen molar-refractivity contribution in [1.29, 1.82) is 0 Å².